The fourth-order valence-corrected chi connectivity index (χ4v) is 0.695. The summed E-state index contributed by atoms with van der Waals surface area (Å²) in [6, 6.07) is 0. The molecule has 0 aromatic rings. The Morgan fingerprint density at radius 2 is 2.00 bits per heavy atom. The third-order valence-electron chi connectivity index (χ3n) is 1.18. The predicted octanol–water partition coefficient (Wildman–Crippen LogP) is 0.745. The first-order valence-corrected chi connectivity index (χ1v) is 4.83. The third kappa shape index (κ3) is 9.01. The number of rotatable bonds is 5. The molecule has 92 valence electrons. The zero-order valence-electron chi connectivity index (χ0n) is 9.83. The maximum Gasteiger partial charge on any atom is 0.422 e. The van der Waals surface area contributed by atoms with E-state index in [2.05, 4.69) is 22.2 Å². The van der Waals surface area contributed by atoms with Gasteiger partial charge in [-0.25, -0.2) is 10.2 Å². The molecule has 6 nitrogen and oxygen atoms in total. The van der Waals surface area contributed by atoms with Crippen LogP contribution < -0.4 is 10.9 Å². The molecule has 1 amide bonds. The number of hydrogen-bond donors (Lipinski definition) is 2. The van der Waals surface area contributed by atoms with E-state index in [0.29, 0.717) is 0 Å². The number of hydrogen-bond acceptors (Lipinski definition) is 5. The van der Waals surface area contributed by atoms with Crippen LogP contribution >= 0.6 is 0 Å². The minimum Gasteiger partial charge on any atom is -0.460 e. The topological polar surface area (TPSA) is 76.7 Å². The van der Waals surface area contributed by atoms with Gasteiger partial charge in [0.25, 0.3) is 0 Å². The van der Waals surface area contributed by atoms with Gasteiger partial charge in [-0.15, -0.1) is 0 Å². The maximum atomic E-state index is 11.1. The molecule has 0 aliphatic heterocycles. The van der Waals surface area contributed by atoms with Crippen molar-refractivity contribution < 1.29 is 19.1 Å². The molecule has 0 saturated carbocycles. The van der Waals surface area contributed by atoms with E-state index in [1.54, 1.807) is 20.8 Å². The van der Waals surface area contributed by atoms with Crippen molar-refractivity contribution in [1.29, 1.82) is 0 Å². The van der Waals surface area contributed by atoms with Crippen LogP contribution in [0.25, 0.3) is 0 Å². The van der Waals surface area contributed by atoms with E-state index in [0.717, 1.165) is 0 Å². The van der Waals surface area contributed by atoms with Crippen LogP contribution in [0, 0.1) is 0 Å². The van der Waals surface area contributed by atoms with E-state index < -0.39 is 17.7 Å². The Morgan fingerprint density at radius 1 is 1.38 bits per heavy atom. The van der Waals surface area contributed by atoms with Crippen molar-refractivity contribution in [2.75, 3.05) is 13.2 Å². The Bertz CT molecular complexity index is 258. The molecule has 0 saturated heterocycles. The average Bonchev–Trinajstić information content (AvgIpc) is 2.11. The Balaban J connectivity index is 3.62. The first-order chi connectivity index (χ1) is 7.35. The molecule has 0 unspecified atom stereocenters. The van der Waals surface area contributed by atoms with E-state index in [1.807, 2.05) is 0 Å². The highest BCUT2D eigenvalue weighted by molar-refractivity contribution is 5.72. The van der Waals surface area contributed by atoms with E-state index in [4.69, 9.17) is 4.74 Å². The molecule has 0 spiro atoms. The van der Waals surface area contributed by atoms with Crippen molar-refractivity contribution in [3.63, 3.8) is 0 Å². The average molecular weight is 230 g/mol. The van der Waals surface area contributed by atoms with Crippen molar-refractivity contribution in [3.8, 4) is 0 Å². The highest BCUT2D eigenvalue weighted by Crippen LogP contribution is 2.05. The minimum atomic E-state index is -0.649. The number of nitrogens with one attached hydrogen (secondary N) is 2. The molecular formula is C10H18N2O4. The Kier molecular flexibility index (Phi) is 6.17. The number of carbonyl (C=O) groups excluding carboxylic acids is 2. The van der Waals surface area contributed by atoms with Crippen LogP contribution in [-0.4, -0.2) is 30.8 Å². The number of carbonyl (C=O) groups is 2. The Labute approximate surface area is 95.0 Å². The van der Waals surface area contributed by atoms with Crippen LogP contribution in [-0.2, 0) is 14.3 Å². The van der Waals surface area contributed by atoms with Crippen LogP contribution in [0.2, 0.25) is 0 Å². The fourth-order valence-electron chi connectivity index (χ4n) is 0.695. The molecule has 0 radical (unpaired) electrons. The van der Waals surface area contributed by atoms with Crippen molar-refractivity contribution >= 4 is 12.1 Å². The van der Waals surface area contributed by atoms with Gasteiger partial charge in [0, 0.05) is 0 Å². The second-order valence-corrected chi connectivity index (χ2v) is 3.95. The molecule has 0 rings (SSSR count). The monoisotopic (exact) mass is 230 g/mol. The second kappa shape index (κ2) is 6.84. The molecule has 0 bridgehead atoms. The summed E-state index contributed by atoms with van der Waals surface area (Å²) in [5.41, 5.74) is 4.02. The van der Waals surface area contributed by atoms with E-state index in [-0.39, 0.29) is 13.2 Å². The fraction of sp³-hybridized carbons (Fsp3) is 0.600. The molecule has 0 heterocycles. The molecule has 2 N–H and O–H groups in total. The lowest BCUT2D eigenvalue weighted by molar-refractivity contribution is -0.141. The summed E-state index contributed by atoms with van der Waals surface area (Å²) in [5, 5.41) is 0. The largest absolute Gasteiger partial charge is 0.460 e. The second-order valence-electron chi connectivity index (χ2n) is 3.95. The van der Waals surface area contributed by atoms with Crippen molar-refractivity contribution in [2.24, 2.45) is 0 Å². The van der Waals surface area contributed by atoms with Crippen molar-refractivity contribution in [1.82, 2.24) is 10.9 Å². The summed E-state index contributed by atoms with van der Waals surface area (Å²) in [4.78, 5) is 22.0. The molecule has 0 aromatic carbocycles. The number of esters is 1. The normalized spacial score (nSPS) is 10.4. The molecular weight excluding hydrogens is 212 g/mol. The van der Waals surface area contributed by atoms with Gasteiger partial charge in [0.1, 0.15) is 18.8 Å². The summed E-state index contributed by atoms with van der Waals surface area (Å²) in [6.07, 6.45) is 0.808. The van der Waals surface area contributed by atoms with E-state index >= 15 is 0 Å². The number of ether oxygens (including phenoxy) is 2. The SMILES string of the molecule is C=CCOC(=O)CNNC(=O)OC(C)(C)C. The number of hydrazine groups is 1. The van der Waals surface area contributed by atoms with E-state index in [1.165, 1.54) is 6.08 Å². The van der Waals surface area contributed by atoms with Gasteiger partial charge in [0.05, 0.1) is 0 Å². The molecule has 0 aliphatic rings. The lowest BCUT2D eigenvalue weighted by Crippen LogP contribution is -2.43. The first kappa shape index (κ1) is 14.4. The Hall–Kier alpha value is -1.56. The Morgan fingerprint density at radius 3 is 2.50 bits per heavy atom. The van der Waals surface area contributed by atoms with E-state index in [9.17, 15) is 9.59 Å². The molecule has 0 atom stereocenters. The van der Waals surface area contributed by atoms with Gasteiger partial charge < -0.3 is 9.47 Å². The highest BCUT2D eigenvalue weighted by atomic mass is 16.6. The molecule has 6 heteroatoms. The minimum absolute atomic E-state index is 0.132. The molecule has 0 fully saturated rings. The summed E-state index contributed by atoms with van der Waals surface area (Å²) in [7, 11) is 0. The summed E-state index contributed by atoms with van der Waals surface area (Å²) in [6.45, 7) is 8.63. The smallest absolute Gasteiger partial charge is 0.422 e. The highest BCUT2D eigenvalue weighted by Gasteiger charge is 2.15. The van der Waals surface area contributed by atoms with Crippen LogP contribution in [0.3, 0.4) is 0 Å². The van der Waals surface area contributed by atoms with Crippen LogP contribution in [0.1, 0.15) is 20.8 Å². The molecule has 0 aliphatic carbocycles. The summed E-state index contributed by atoms with van der Waals surface area (Å²) in [5.74, 6) is -0.490. The molecule has 16 heavy (non-hydrogen) atoms. The van der Waals surface area contributed by atoms with Gasteiger partial charge in [0.15, 0.2) is 0 Å². The lowest BCUT2D eigenvalue weighted by Gasteiger charge is -2.19. The van der Waals surface area contributed by atoms with Gasteiger partial charge in [0.2, 0.25) is 0 Å². The first-order valence-electron chi connectivity index (χ1n) is 4.83. The van der Waals surface area contributed by atoms with Gasteiger partial charge in [-0.05, 0) is 20.8 Å². The summed E-state index contributed by atoms with van der Waals surface area (Å²) < 4.78 is 9.58. The van der Waals surface area contributed by atoms with Crippen LogP contribution in [0.15, 0.2) is 12.7 Å². The van der Waals surface area contributed by atoms with Crippen molar-refractivity contribution in [2.45, 2.75) is 26.4 Å². The van der Waals surface area contributed by atoms with Crippen molar-refractivity contribution in [3.05, 3.63) is 12.7 Å². The summed E-state index contributed by atoms with van der Waals surface area (Å²) >= 11 is 0. The van der Waals surface area contributed by atoms with Gasteiger partial charge in [-0.2, -0.15) is 0 Å². The van der Waals surface area contributed by atoms with Crippen LogP contribution in [0.4, 0.5) is 4.79 Å². The zero-order chi connectivity index (χ0) is 12.6. The third-order valence-corrected chi connectivity index (χ3v) is 1.18. The number of amides is 1. The molecule has 0 aromatic heterocycles. The zero-order valence-corrected chi connectivity index (χ0v) is 9.83. The van der Waals surface area contributed by atoms with Gasteiger partial charge in [-0.1, -0.05) is 12.7 Å². The lowest BCUT2D eigenvalue weighted by atomic mass is 10.2. The maximum absolute atomic E-state index is 11.1. The quantitative estimate of drug-likeness (QED) is 0.414. The standard InChI is InChI=1S/C10H18N2O4/c1-5-6-15-8(13)7-11-12-9(14)16-10(2,3)4/h5,11H,1,6-7H2,2-4H3,(H,12,14). The van der Waals surface area contributed by atoms with Gasteiger partial charge >= 0.3 is 12.1 Å². The van der Waals surface area contributed by atoms with Gasteiger partial charge in [-0.3, -0.25) is 10.2 Å². The van der Waals surface area contributed by atoms with Crippen LogP contribution in [0.5, 0.6) is 0 Å². The predicted molar refractivity (Wildman–Crippen MR) is 58.5 cm³/mol.